The van der Waals surface area contributed by atoms with Crippen LogP contribution in [0.25, 0.3) is 0 Å². The Morgan fingerprint density at radius 3 is 3.06 bits per heavy atom. The maximum absolute atomic E-state index is 11.3. The number of aliphatic carboxylic acids is 1. The Morgan fingerprint density at radius 1 is 1.61 bits per heavy atom. The van der Waals surface area contributed by atoms with Crippen molar-refractivity contribution in [2.75, 3.05) is 24.7 Å². The summed E-state index contributed by atoms with van der Waals surface area (Å²) < 4.78 is 0. The molecule has 96 valence electrons. The highest BCUT2D eigenvalue weighted by atomic mass is 32.2. The molecule has 1 aliphatic rings. The molecule has 1 aromatic rings. The van der Waals surface area contributed by atoms with Crippen molar-refractivity contribution in [1.29, 1.82) is 0 Å². The molecule has 1 amide bonds. The standard InChI is InChI=1S/C12H14N2O3S/c1-13-5-8(12(16)17)7-2-3-10-9(4-7)14-11(15)6-18-10/h2-4,8,13H,5-6H2,1H3,(H,14,15)(H,16,17). The average molecular weight is 266 g/mol. The predicted octanol–water partition coefficient (Wildman–Crippen LogP) is 1.12. The molecule has 18 heavy (non-hydrogen) atoms. The van der Waals surface area contributed by atoms with Gasteiger partial charge in [-0.3, -0.25) is 9.59 Å². The third-order valence-corrected chi connectivity index (χ3v) is 3.82. The van der Waals surface area contributed by atoms with Crippen molar-refractivity contribution in [2.24, 2.45) is 0 Å². The minimum absolute atomic E-state index is 0.0508. The van der Waals surface area contributed by atoms with E-state index in [1.54, 1.807) is 19.2 Å². The quantitative estimate of drug-likeness (QED) is 0.761. The van der Waals surface area contributed by atoms with Gasteiger partial charge in [0, 0.05) is 11.4 Å². The molecular weight excluding hydrogens is 252 g/mol. The summed E-state index contributed by atoms with van der Waals surface area (Å²) in [5.41, 5.74) is 1.40. The highest BCUT2D eigenvalue weighted by Gasteiger charge is 2.22. The van der Waals surface area contributed by atoms with Gasteiger partial charge in [-0.1, -0.05) is 6.07 Å². The normalized spacial score (nSPS) is 15.7. The van der Waals surface area contributed by atoms with Crippen LogP contribution in [0.15, 0.2) is 23.1 Å². The topological polar surface area (TPSA) is 78.4 Å². The van der Waals surface area contributed by atoms with E-state index in [2.05, 4.69) is 10.6 Å². The Hall–Kier alpha value is -1.53. The van der Waals surface area contributed by atoms with Crippen LogP contribution in [-0.4, -0.2) is 36.3 Å². The smallest absolute Gasteiger partial charge is 0.312 e. The van der Waals surface area contributed by atoms with Crippen LogP contribution in [0.3, 0.4) is 0 Å². The maximum Gasteiger partial charge on any atom is 0.312 e. The summed E-state index contributed by atoms with van der Waals surface area (Å²) >= 11 is 1.46. The molecule has 0 saturated carbocycles. The summed E-state index contributed by atoms with van der Waals surface area (Å²) in [6, 6.07) is 5.41. The average Bonchev–Trinajstić information content (AvgIpc) is 2.34. The van der Waals surface area contributed by atoms with Gasteiger partial charge in [0.1, 0.15) is 0 Å². The highest BCUT2D eigenvalue weighted by Crippen LogP contribution is 2.33. The number of benzene rings is 1. The van der Waals surface area contributed by atoms with Gasteiger partial charge < -0.3 is 15.7 Å². The van der Waals surface area contributed by atoms with Gasteiger partial charge in [-0.25, -0.2) is 0 Å². The van der Waals surface area contributed by atoms with E-state index in [1.165, 1.54) is 11.8 Å². The van der Waals surface area contributed by atoms with Gasteiger partial charge in [-0.2, -0.15) is 0 Å². The van der Waals surface area contributed by atoms with E-state index in [4.69, 9.17) is 0 Å². The van der Waals surface area contributed by atoms with Gasteiger partial charge in [-0.15, -0.1) is 11.8 Å². The van der Waals surface area contributed by atoms with Gasteiger partial charge in [0.15, 0.2) is 0 Å². The van der Waals surface area contributed by atoms with Crippen LogP contribution in [0.1, 0.15) is 11.5 Å². The van der Waals surface area contributed by atoms with Crippen LogP contribution < -0.4 is 10.6 Å². The van der Waals surface area contributed by atoms with Crippen molar-refractivity contribution in [3.8, 4) is 0 Å². The molecule has 0 saturated heterocycles. The first-order valence-electron chi connectivity index (χ1n) is 5.56. The van der Waals surface area contributed by atoms with E-state index in [-0.39, 0.29) is 5.91 Å². The molecule has 1 aromatic carbocycles. The highest BCUT2D eigenvalue weighted by molar-refractivity contribution is 8.00. The van der Waals surface area contributed by atoms with Gasteiger partial charge in [0.25, 0.3) is 0 Å². The van der Waals surface area contributed by atoms with Crippen molar-refractivity contribution in [3.05, 3.63) is 23.8 Å². The maximum atomic E-state index is 11.3. The number of carboxylic acid groups (broad SMARTS) is 1. The summed E-state index contributed by atoms with van der Waals surface area (Å²) in [7, 11) is 1.71. The van der Waals surface area contributed by atoms with Crippen molar-refractivity contribution < 1.29 is 14.7 Å². The van der Waals surface area contributed by atoms with Crippen molar-refractivity contribution in [2.45, 2.75) is 10.8 Å². The number of hydrogen-bond acceptors (Lipinski definition) is 4. The lowest BCUT2D eigenvalue weighted by atomic mass is 9.98. The fraction of sp³-hybridized carbons (Fsp3) is 0.333. The summed E-state index contributed by atoms with van der Waals surface area (Å²) in [6.45, 7) is 0.356. The number of anilines is 1. The second-order valence-electron chi connectivity index (χ2n) is 4.04. The van der Waals surface area contributed by atoms with Crippen LogP contribution >= 0.6 is 11.8 Å². The SMILES string of the molecule is CNCC(C(=O)O)c1ccc2c(c1)NC(=O)CS2. The molecule has 1 heterocycles. The van der Waals surface area contributed by atoms with E-state index in [1.807, 2.05) is 6.07 Å². The lowest BCUT2D eigenvalue weighted by Crippen LogP contribution is -2.25. The zero-order valence-electron chi connectivity index (χ0n) is 9.90. The first-order chi connectivity index (χ1) is 8.61. The molecule has 1 atom stereocenters. The zero-order valence-corrected chi connectivity index (χ0v) is 10.7. The molecule has 0 fully saturated rings. The first-order valence-corrected chi connectivity index (χ1v) is 6.54. The zero-order chi connectivity index (χ0) is 13.1. The van der Waals surface area contributed by atoms with E-state index in [9.17, 15) is 14.7 Å². The monoisotopic (exact) mass is 266 g/mol. The predicted molar refractivity (Wildman–Crippen MR) is 70.1 cm³/mol. The summed E-state index contributed by atoms with van der Waals surface area (Å²) in [6.07, 6.45) is 0. The molecular formula is C12H14N2O3S. The molecule has 0 aromatic heterocycles. The Kier molecular flexibility index (Phi) is 3.88. The fourth-order valence-corrected chi connectivity index (χ4v) is 2.66. The van der Waals surface area contributed by atoms with E-state index in [0.29, 0.717) is 23.5 Å². The Morgan fingerprint density at radius 2 is 2.39 bits per heavy atom. The molecule has 1 aliphatic heterocycles. The molecule has 0 radical (unpaired) electrons. The lowest BCUT2D eigenvalue weighted by Gasteiger charge is -2.19. The fourth-order valence-electron chi connectivity index (χ4n) is 1.87. The van der Waals surface area contributed by atoms with E-state index < -0.39 is 11.9 Å². The van der Waals surface area contributed by atoms with E-state index >= 15 is 0 Å². The number of amides is 1. The molecule has 5 nitrogen and oxygen atoms in total. The van der Waals surface area contributed by atoms with E-state index in [0.717, 1.165) is 4.90 Å². The second-order valence-corrected chi connectivity index (χ2v) is 5.06. The molecule has 6 heteroatoms. The minimum atomic E-state index is -0.876. The molecule has 0 aliphatic carbocycles. The summed E-state index contributed by atoms with van der Waals surface area (Å²) in [5, 5.41) is 14.8. The van der Waals surface area contributed by atoms with Crippen molar-refractivity contribution in [1.82, 2.24) is 5.32 Å². The minimum Gasteiger partial charge on any atom is -0.481 e. The first kappa shape index (κ1) is 12.9. The van der Waals surface area contributed by atoms with Gasteiger partial charge in [0.05, 0.1) is 17.4 Å². The van der Waals surface area contributed by atoms with Crippen molar-refractivity contribution in [3.63, 3.8) is 0 Å². The second kappa shape index (κ2) is 5.41. The van der Waals surface area contributed by atoms with Crippen LogP contribution in [0.5, 0.6) is 0 Å². The van der Waals surface area contributed by atoms with Crippen LogP contribution in [0.4, 0.5) is 5.69 Å². The molecule has 3 N–H and O–H groups in total. The number of nitrogens with one attached hydrogen (secondary N) is 2. The number of fused-ring (bicyclic) bond motifs is 1. The number of hydrogen-bond donors (Lipinski definition) is 3. The number of carbonyl (C=O) groups excluding carboxylic acids is 1. The number of rotatable bonds is 4. The van der Waals surface area contributed by atoms with Crippen LogP contribution in [-0.2, 0) is 9.59 Å². The van der Waals surface area contributed by atoms with Crippen molar-refractivity contribution >= 4 is 29.3 Å². The Bertz CT molecular complexity index is 490. The van der Waals surface area contributed by atoms with Crippen LogP contribution in [0.2, 0.25) is 0 Å². The Labute approximate surface area is 109 Å². The molecule has 0 spiro atoms. The number of likely N-dealkylation sites (N-methyl/N-ethyl adjacent to an activating group) is 1. The summed E-state index contributed by atoms with van der Waals surface area (Å²) in [5.74, 6) is -1.13. The largest absolute Gasteiger partial charge is 0.481 e. The van der Waals surface area contributed by atoms with Gasteiger partial charge in [0.2, 0.25) is 5.91 Å². The number of thioether (sulfide) groups is 1. The third kappa shape index (κ3) is 2.65. The summed E-state index contributed by atoms with van der Waals surface area (Å²) in [4.78, 5) is 23.5. The third-order valence-electron chi connectivity index (χ3n) is 2.75. The lowest BCUT2D eigenvalue weighted by molar-refractivity contribution is -0.138. The van der Waals surface area contributed by atoms with Gasteiger partial charge >= 0.3 is 5.97 Å². The Balaban J connectivity index is 2.31. The van der Waals surface area contributed by atoms with Crippen LogP contribution in [0, 0.1) is 0 Å². The molecule has 2 rings (SSSR count). The number of carboxylic acids is 1. The molecule has 0 bridgehead atoms. The number of carbonyl (C=O) groups is 2. The van der Waals surface area contributed by atoms with Gasteiger partial charge in [-0.05, 0) is 24.7 Å². The molecule has 1 unspecified atom stereocenters.